The van der Waals surface area contributed by atoms with Crippen LogP contribution in [0.15, 0.2) is 36.4 Å². The van der Waals surface area contributed by atoms with Crippen LogP contribution < -0.4 is 4.74 Å². The first-order valence-corrected chi connectivity index (χ1v) is 5.73. The second-order valence-electron chi connectivity index (χ2n) is 4.07. The monoisotopic (exact) mass is 274 g/mol. The van der Waals surface area contributed by atoms with Gasteiger partial charge in [0, 0.05) is 11.1 Å². The van der Waals surface area contributed by atoms with E-state index >= 15 is 0 Å². The fourth-order valence-corrected chi connectivity index (χ4v) is 1.88. The lowest BCUT2D eigenvalue weighted by molar-refractivity contribution is 0.0697. The Labute approximate surface area is 114 Å². The molecule has 0 saturated heterocycles. The van der Waals surface area contributed by atoms with E-state index in [1.54, 1.807) is 0 Å². The lowest BCUT2D eigenvalue weighted by atomic mass is 9.97. The van der Waals surface area contributed by atoms with Gasteiger partial charge < -0.3 is 9.84 Å². The number of halogens is 1. The van der Waals surface area contributed by atoms with Gasteiger partial charge in [0.05, 0.1) is 12.7 Å². The highest BCUT2D eigenvalue weighted by Crippen LogP contribution is 2.29. The number of benzene rings is 2. The summed E-state index contributed by atoms with van der Waals surface area (Å²) in [6.07, 6.45) is 0.501. The zero-order valence-electron chi connectivity index (χ0n) is 10.6. The summed E-state index contributed by atoms with van der Waals surface area (Å²) in [4.78, 5) is 22.0. The topological polar surface area (TPSA) is 63.6 Å². The van der Waals surface area contributed by atoms with Crippen LogP contribution in [0, 0.1) is 5.82 Å². The first kappa shape index (κ1) is 13.7. The molecule has 2 rings (SSSR count). The van der Waals surface area contributed by atoms with Crippen LogP contribution in [-0.4, -0.2) is 24.5 Å². The summed E-state index contributed by atoms with van der Waals surface area (Å²) in [6.45, 7) is 0. The van der Waals surface area contributed by atoms with Crippen molar-refractivity contribution in [2.45, 2.75) is 0 Å². The fourth-order valence-electron chi connectivity index (χ4n) is 1.88. The normalized spacial score (nSPS) is 10.1. The molecule has 20 heavy (non-hydrogen) atoms. The van der Waals surface area contributed by atoms with E-state index in [0.717, 1.165) is 0 Å². The zero-order chi connectivity index (χ0) is 14.7. The van der Waals surface area contributed by atoms with Crippen molar-refractivity contribution in [1.82, 2.24) is 0 Å². The molecule has 2 aromatic carbocycles. The van der Waals surface area contributed by atoms with E-state index in [2.05, 4.69) is 0 Å². The molecule has 0 radical (unpaired) electrons. The van der Waals surface area contributed by atoms with Gasteiger partial charge in [-0.2, -0.15) is 0 Å². The molecule has 0 heterocycles. The molecule has 4 nitrogen and oxygen atoms in total. The highest BCUT2D eigenvalue weighted by Gasteiger charge is 2.13. The number of carbonyl (C=O) groups is 2. The average molecular weight is 274 g/mol. The molecule has 1 N–H and O–H groups in total. The van der Waals surface area contributed by atoms with E-state index < -0.39 is 11.8 Å². The largest absolute Gasteiger partial charge is 0.497 e. The van der Waals surface area contributed by atoms with E-state index in [1.165, 1.54) is 43.5 Å². The summed E-state index contributed by atoms with van der Waals surface area (Å²) in [5.74, 6) is -1.22. The second-order valence-corrected chi connectivity index (χ2v) is 4.07. The molecule has 102 valence electrons. The van der Waals surface area contributed by atoms with Crippen molar-refractivity contribution in [1.29, 1.82) is 0 Å². The Hall–Kier alpha value is -2.69. The van der Waals surface area contributed by atoms with Crippen molar-refractivity contribution in [3.05, 3.63) is 53.3 Å². The molecular formula is C15H11FO4. The smallest absolute Gasteiger partial charge is 0.335 e. The Morgan fingerprint density at radius 2 is 1.95 bits per heavy atom. The number of rotatable bonds is 4. The predicted octanol–water partition coefficient (Wildman–Crippen LogP) is 3.01. The van der Waals surface area contributed by atoms with Gasteiger partial charge >= 0.3 is 5.97 Å². The van der Waals surface area contributed by atoms with Crippen LogP contribution in [0.2, 0.25) is 0 Å². The minimum absolute atomic E-state index is 0.0286. The Bertz CT molecular complexity index is 680. The first-order valence-electron chi connectivity index (χ1n) is 5.73. The number of carboxylic acids is 1. The Morgan fingerprint density at radius 1 is 1.20 bits per heavy atom. The van der Waals surface area contributed by atoms with Gasteiger partial charge in [0.1, 0.15) is 11.6 Å². The van der Waals surface area contributed by atoms with Gasteiger partial charge in [-0.15, -0.1) is 0 Å². The third-order valence-electron chi connectivity index (χ3n) is 2.89. The number of carboxylic acid groups (broad SMARTS) is 1. The minimum Gasteiger partial charge on any atom is -0.497 e. The molecule has 0 aliphatic heterocycles. The van der Waals surface area contributed by atoms with Gasteiger partial charge in [-0.3, -0.25) is 4.79 Å². The summed E-state index contributed by atoms with van der Waals surface area (Å²) >= 11 is 0. The van der Waals surface area contributed by atoms with Crippen LogP contribution in [0.25, 0.3) is 11.1 Å². The van der Waals surface area contributed by atoms with E-state index in [9.17, 15) is 14.0 Å². The van der Waals surface area contributed by atoms with Crippen molar-refractivity contribution in [2.24, 2.45) is 0 Å². The van der Waals surface area contributed by atoms with E-state index in [1.807, 2.05) is 0 Å². The van der Waals surface area contributed by atoms with Gasteiger partial charge in [0.2, 0.25) is 0 Å². The van der Waals surface area contributed by atoms with Gasteiger partial charge in [0.25, 0.3) is 0 Å². The Balaban J connectivity index is 2.63. The van der Waals surface area contributed by atoms with Gasteiger partial charge in [-0.1, -0.05) is 6.07 Å². The number of ether oxygens (including phenoxy) is 1. The van der Waals surface area contributed by atoms with Crippen LogP contribution >= 0.6 is 0 Å². The molecule has 0 fully saturated rings. The predicted molar refractivity (Wildman–Crippen MR) is 70.7 cm³/mol. The quantitative estimate of drug-likeness (QED) is 0.870. The molecular weight excluding hydrogens is 263 g/mol. The van der Waals surface area contributed by atoms with Crippen LogP contribution in [0.4, 0.5) is 4.39 Å². The van der Waals surface area contributed by atoms with Gasteiger partial charge in [0.15, 0.2) is 6.29 Å². The molecule has 0 aliphatic rings. The van der Waals surface area contributed by atoms with E-state index in [0.29, 0.717) is 17.6 Å². The Kier molecular flexibility index (Phi) is 3.79. The molecule has 0 saturated carbocycles. The molecule has 0 aromatic heterocycles. The summed E-state index contributed by atoms with van der Waals surface area (Å²) in [5.41, 5.74) is 0.584. The average Bonchev–Trinajstić information content (AvgIpc) is 2.47. The number of hydrogen-bond donors (Lipinski definition) is 1. The van der Waals surface area contributed by atoms with Crippen molar-refractivity contribution in [3.63, 3.8) is 0 Å². The van der Waals surface area contributed by atoms with E-state index in [4.69, 9.17) is 9.84 Å². The molecule has 2 aromatic rings. The van der Waals surface area contributed by atoms with Crippen LogP contribution in [0.1, 0.15) is 20.7 Å². The lowest BCUT2D eigenvalue weighted by Crippen LogP contribution is -1.99. The lowest BCUT2D eigenvalue weighted by Gasteiger charge is -2.09. The molecule has 0 amide bonds. The summed E-state index contributed by atoms with van der Waals surface area (Å²) in [7, 11) is 1.45. The summed E-state index contributed by atoms with van der Waals surface area (Å²) < 4.78 is 18.9. The van der Waals surface area contributed by atoms with Crippen molar-refractivity contribution < 1.29 is 23.8 Å². The zero-order valence-corrected chi connectivity index (χ0v) is 10.6. The Morgan fingerprint density at radius 3 is 2.55 bits per heavy atom. The van der Waals surface area contributed by atoms with Crippen LogP contribution in [0.3, 0.4) is 0 Å². The first-order chi connectivity index (χ1) is 9.56. The van der Waals surface area contributed by atoms with Gasteiger partial charge in [-0.25, -0.2) is 9.18 Å². The molecule has 0 atom stereocenters. The highest BCUT2D eigenvalue weighted by atomic mass is 19.1. The third kappa shape index (κ3) is 2.51. The number of aldehydes is 1. The molecule has 0 spiro atoms. The maximum absolute atomic E-state index is 13.9. The van der Waals surface area contributed by atoms with Crippen molar-refractivity contribution in [3.8, 4) is 16.9 Å². The summed E-state index contributed by atoms with van der Waals surface area (Å²) in [6, 6.07) is 8.09. The maximum atomic E-state index is 13.9. The SMILES string of the molecule is COc1ccc(F)c(-c2ccc(C(=O)O)cc2C=O)c1. The summed E-state index contributed by atoms with van der Waals surface area (Å²) in [5, 5.41) is 8.89. The number of aromatic carboxylic acids is 1. The number of carbonyl (C=O) groups excluding carboxylic acids is 1. The molecule has 0 unspecified atom stereocenters. The number of methoxy groups -OCH3 is 1. The number of hydrogen-bond acceptors (Lipinski definition) is 3. The maximum Gasteiger partial charge on any atom is 0.335 e. The third-order valence-corrected chi connectivity index (χ3v) is 2.89. The van der Waals surface area contributed by atoms with Crippen molar-refractivity contribution >= 4 is 12.3 Å². The van der Waals surface area contributed by atoms with Crippen LogP contribution in [-0.2, 0) is 0 Å². The molecule has 5 heteroatoms. The molecule has 0 aliphatic carbocycles. The standard InChI is InChI=1S/C15H11FO4/c1-20-11-3-5-14(16)13(7-11)12-4-2-9(15(18)19)6-10(12)8-17/h2-8H,1H3,(H,18,19). The van der Waals surface area contributed by atoms with Gasteiger partial charge in [-0.05, 0) is 35.9 Å². The molecule has 0 bridgehead atoms. The minimum atomic E-state index is -1.15. The van der Waals surface area contributed by atoms with Crippen LogP contribution in [0.5, 0.6) is 5.75 Å². The van der Waals surface area contributed by atoms with E-state index in [-0.39, 0.29) is 16.7 Å². The van der Waals surface area contributed by atoms with Crippen molar-refractivity contribution in [2.75, 3.05) is 7.11 Å². The fraction of sp³-hybridized carbons (Fsp3) is 0.0667. The highest BCUT2D eigenvalue weighted by molar-refractivity contribution is 5.94. The second kappa shape index (κ2) is 5.52.